The van der Waals surface area contributed by atoms with Crippen molar-refractivity contribution in [2.75, 3.05) is 7.11 Å². The zero-order valence-electron chi connectivity index (χ0n) is 12.4. The molecule has 1 aliphatic rings. The van der Waals surface area contributed by atoms with E-state index in [1.807, 2.05) is 6.07 Å². The van der Waals surface area contributed by atoms with Crippen molar-refractivity contribution < 1.29 is 4.74 Å². The number of aryl methyl sites for hydroxylation is 1. The predicted octanol–water partition coefficient (Wildman–Crippen LogP) is 0.891. The SMILES string of the molecule is COc1ccc(CNC2CC2)cc1Cn1ncn(C)c1=O. The van der Waals surface area contributed by atoms with E-state index in [2.05, 4.69) is 22.5 Å². The molecule has 0 aliphatic heterocycles. The maximum absolute atomic E-state index is 11.9. The fourth-order valence-electron chi connectivity index (χ4n) is 2.31. The molecule has 1 fully saturated rings. The zero-order valence-corrected chi connectivity index (χ0v) is 12.4. The highest BCUT2D eigenvalue weighted by molar-refractivity contribution is 5.37. The topological polar surface area (TPSA) is 61.1 Å². The first-order valence-corrected chi connectivity index (χ1v) is 7.15. The zero-order chi connectivity index (χ0) is 14.8. The van der Waals surface area contributed by atoms with Crippen molar-refractivity contribution in [1.82, 2.24) is 19.7 Å². The Kier molecular flexibility index (Phi) is 3.79. The molecule has 1 aromatic heterocycles. The van der Waals surface area contributed by atoms with Gasteiger partial charge in [0.1, 0.15) is 12.1 Å². The van der Waals surface area contributed by atoms with Gasteiger partial charge in [0.05, 0.1) is 13.7 Å². The van der Waals surface area contributed by atoms with E-state index in [9.17, 15) is 4.79 Å². The smallest absolute Gasteiger partial charge is 0.345 e. The van der Waals surface area contributed by atoms with E-state index in [4.69, 9.17) is 4.74 Å². The van der Waals surface area contributed by atoms with Gasteiger partial charge in [0.25, 0.3) is 0 Å². The Hall–Kier alpha value is -2.08. The minimum Gasteiger partial charge on any atom is -0.496 e. The Balaban J connectivity index is 1.81. The summed E-state index contributed by atoms with van der Waals surface area (Å²) in [7, 11) is 3.33. The molecule has 1 N–H and O–H groups in total. The molecule has 6 heteroatoms. The van der Waals surface area contributed by atoms with Crippen LogP contribution in [-0.2, 0) is 20.1 Å². The van der Waals surface area contributed by atoms with Gasteiger partial charge < -0.3 is 10.1 Å². The number of aromatic nitrogens is 3. The Morgan fingerprint density at radius 2 is 2.24 bits per heavy atom. The van der Waals surface area contributed by atoms with Gasteiger partial charge in [-0.2, -0.15) is 5.10 Å². The van der Waals surface area contributed by atoms with Crippen LogP contribution in [-0.4, -0.2) is 27.5 Å². The molecule has 2 aromatic rings. The first-order valence-electron chi connectivity index (χ1n) is 7.15. The molecule has 21 heavy (non-hydrogen) atoms. The molecule has 0 amide bonds. The van der Waals surface area contributed by atoms with Crippen LogP contribution in [0.3, 0.4) is 0 Å². The van der Waals surface area contributed by atoms with Crippen LogP contribution in [0.25, 0.3) is 0 Å². The third-order valence-electron chi connectivity index (χ3n) is 3.72. The lowest BCUT2D eigenvalue weighted by Crippen LogP contribution is -2.23. The van der Waals surface area contributed by atoms with Crippen LogP contribution < -0.4 is 15.7 Å². The molecule has 6 nitrogen and oxygen atoms in total. The normalized spacial score (nSPS) is 14.4. The van der Waals surface area contributed by atoms with Crippen molar-refractivity contribution in [2.45, 2.75) is 32.0 Å². The monoisotopic (exact) mass is 288 g/mol. The second-order valence-electron chi connectivity index (χ2n) is 5.48. The van der Waals surface area contributed by atoms with E-state index in [1.54, 1.807) is 14.2 Å². The standard InChI is InChI=1S/C15H20N4O2/c1-18-10-17-19(15(18)20)9-12-7-11(3-6-14(12)21-2)8-16-13-4-5-13/h3,6-7,10,13,16H,4-5,8-9H2,1-2H3. The van der Waals surface area contributed by atoms with E-state index < -0.39 is 0 Å². The summed E-state index contributed by atoms with van der Waals surface area (Å²) in [5, 5.41) is 7.58. The van der Waals surface area contributed by atoms with Gasteiger partial charge in [-0.05, 0) is 30.5 Å². The van der Waals surface area contributed by atoms with Crippen LogP contribution in [0.1, 0.15) is 24.0 Å². The van der Waals surface area contributed by atoms with Gasteiger partial charge >= 0.3 is 5.69 Å². The molecule has 0 radical (unpaired) electrons. The molecule has 0 spiro atoms. The van der Waals surface area contributed by atoms with E-state index >= 15 is 0 Å². The van der Waals surface area contributed by atoms with Crippen LogP contribution in [0, 0.1) is 0 Å². The number of benzene rings is 1. The molecule has 3 rings (SSSR count). The van der Waals surface area contributed by atoms with Gasteiger partial charge in [-0.15, -0.1) is 0 Å². The average molecular weight is 288 g/mol. The Morgan fingerprint density at radius 1 is 1.43 bits per heavy atom. The molecule has 1 saturated carbocycles. The quantitative estimate of drug-likeness (QED) is 0.857. The first-order chi connectivity index (χ1) is 10.2. The number of hydrogen-bond donors (Lipinski definition) is 1. The minimum absolute atomic E-state index is 0.126. The van der Waals surface area contributed by atoms with Crippen molar-refractivity contribution in [1.29, 1.82) is 0 Å². The number of rotatable bonds is 6. The number of nitrogens with one attached hydrogen (secondary N) is 1. The molecular formula is C15H20N4O2. The lowest BCUT2D eigenvalue weighted by molar-refractivity contribution is 0.406. The van der Waals surface area contributed by atoms with E-state index in [0.29, 0.717) is 12.6 Å². The number of ether oxygens (including phenoxy) is 1. The van der Waals surface area contributed by atoms with Gasteiger partial charge in [0.15, 0.2) is 0 Å². The van der Waals surface area contributed by atoms with Crippen molar-refractivity contribution in [3.8, 4) is 5.75 Å². The van der Waals surface area contributed by atoms with E-state index in [0.717, 1.165) is 17.9 Å². The molecular weight excluding hydrogens is 268 g/mol. The number of nitrogens with zero attached hydrogens (tertiary/aromatic N) is 3. The third kappa shape index (κ3) is 3.16. The van der Waals surface area contributed by atoms with Gasteiger partial charge in [-0.3, -0.25) is 4.57 Å². The minimum atomic E-state index is -0.126. The molecule has 1 aromatic carbocycles. The third-order valence-corrected chi connectivity index (χ3v) is 3.72. The van der Waals surface area contributed by atoms with Gasteiger partial charge in [0, 0.05) is 25.2 Å². The second kappa shape index (κ2) is 5.73. The van der Waals surface area contributed by atoms with Gasteiger partial charge in [-0.1, -0.05) is 6.07 Å². The maximum Gasteiger partial charge on any atom is 0.345 e. The summed E-state index contributed by atoms with van der Waals surface area (Å²) in [6.45, 7) is 1.26. The summed E-state index contributed by atoms with van der Waals surface area (Å²) < 4.78 is 8.29. The summed E-state index contributed by atoms with van der Waals surface area (Å²) in [6, 6.07) is 6.76. The number of methoxy groups -OCH3 is 1. The van der Waals surface area contributed by atoms with Crippen LogP contribution in [0.15, 0.2) is 29.3 Å². The van der Waals surface area contributed by atoms with Crippen molar-refractivity contribution in [3.63, 3.8) is 0 Å². The number of hydrogen-bond acceptors (Lipinski definition) is 4. The second-order valence-corrected chi connectivity index (χ2v) is 5.48. The van der Waals surface area contributed by atoms with E-state index in [-0.39, 0.29) is 5.69 Å². The molecule has 1 aliphatic carbocycles. The lowest BCUT2D eigenvalue weighted by atomic mass is 10.1. The molecule has 0 saturated heterocycles. The van der Waals surface area contributed by atoms with Gasteiger partial charge in [0.2, 0.25) is 0 Å². The highest BCUT2D eigenvalue weighted by Crippen LogP contribution is 2.22. The van der Waals surface area contributed by atoms with Crippen molar-refractivity contribution in [3.05, 3.63) is 46.1 Å². The molecule has 1 heterocycles. The predicted molar refractivity (Wildman–Crippen MR) is 79.4 cm³/mol. The van der Waals surface area contributed by atoms with Gasteiger partial charge in [-0.25, -0.2) is 9.48 Å². The first kappa shape index (κ1) is 13.9. The maximum atomic E-state index is 11.9. The van der Waals surface area contributed by atoms with Crippen LogP contribution in [0.2, 0.25) is 0 Å². The largest absolute Gasteiger partial charge is 0.496 e. The molecule has 112 valence electrons. The Morgan fingerprint density at radius 3 is 2.86 bits per heavy atom. The average Bonchev–Trinajstić information content (AvgIpc) is 3.27. The fraction of sp³-hybridized carbons (Fsp3) is 0.467. The summed E-state index contributed by atoms with van der Waals surface area (Å²) in [4.78, 5) is 11.9. The van der Waals surface area contributed by atoms with Crippen molar-refractivity contribution >= 4 is 0 Å². The highest BCUT2D eigenvalue weighted by atomic mass is 16.5. The van der Waals surface area contributed by atoms with Crippen LogP contribution in [0.5, 0.6) is 5.75 Å². The van der Waals surface area contributed by atoms with E-state index in [1.165, 1.54) is 34.0 Å². The van der Waals surface area contributed by atoms with Crippen LogP contribution in [0.4, 0.5) is 0 Å². The molecule has 0 unspecified atom stereocenters. The summed E-state index contributed by atoms with van der Waals surface area (Å²) in [6.07, 6.45) is 4.06. The summed E-state index contributed by atoms with van der Waals surface area (Å²) in [5.74, 6) is 0.780. The highest BCUT2D eigenvalue weighted by Gasteiger charge is 2.20. The molecule has 0 bridgehead atoms. The Bertz CT molecular complexity index is 685. The summed E-state index contributed by atoms with van der Waals surface area (Å²) >= 11 is 0. The van der Waals surface area contributed by atoms with Crippen molar-refractivity contribution in [2.24, 2.45) is 7.05 Å². The molecule has 0 atom stereocenters. The summed E-state index contributed by atoms with van der Waals surface area (Å²) in [5.41, 5.74) is 2.04. The fourth-order valence-corrected chi connectivity index (χ4v) is 2.31. The lowest BCUT2D eigenvalue weighted by Gasteiger charge is -2.11. The Labute approximate surface area is 123 Å². The van der Waals surface area contributed by atoms with Crippen LogP contribution >= 0.6 is 0 Å².